The number of benzene rings is 1. The Morgan fingerprint density at radius 2 is 1.98 bits per heavy atom. The quantitative estimate of drug-likeness (QED) is 0.229. The highest BCUT2D eigenvalue weighted by Crippen LogP contribution is 2.43. The lowest BCUT2D eigenvalue weighted by molar-refractivity contribution is 0.0115. The van der Waals surface area contributed by atoms with Crippen molar-refractivity contribution >= 4 is 27.9 Å². The summed E-state index contributed by atoms with van der Waals surface area (Å²) in [5.41, 5.74) is 9.57. The van der Waals surface area contributed by atoms with Crippen LogP contribution < -0.4 is 5.32 Å². The third-order valence-corrected chi connectivity index (χ3v) is 9.16. The van der Waals surface area contributed by atoms with Crippen LogP contribution in [0.1, 0.15) is 44.7 Å². The van der Waals surface area contributed by atoms with Gasteiger partial charge in [0.2, 0.25) is 0 Å². The number of halogens is 2. The molecule has 1 aliphatic carbocycles. The van der Waals surface area contributed by atoms with Gasteiger partial charge in [-0.2, -0.15) is 5.10 Å². The fourth-order valence-corrected chi connectivity index (χ4v) is 6.96. The molecule has 0 spiro atoms. The number of pyridine rings is 1. The number of aromatic nitrogens is 5. The second-order valence-corrected chi connectivity index (χ2v) is 12.7. The van der Waals surface area contributed by atoms with E-state index in [1.165, 1.54) is 15.5 Å². The molecular formula is C32H27F2N7S. The van der Waals surface area contributed by atoms with Gasteiger partial charge in [0.15, 0.2) is 5.65 Å². The Labute approximate surface area is 245 Å². The van der Waals surface area contributed by atoms with Crippen LogP contribution in [0.5, 0.6) is 0 Å². The first-order valence-electron chi connectivity index (χ1n) is 14.0. The third kappa shape index (κ3) is 4.51. The number of H-pyrrole nitrogens is 1. The Hall–Kier alpha value is -4.28. The maximum absolute atomic E-state index is 13.8. The van der Waals surface area contributed by atoms with Gasteiger partial charge in [-0.05, 0) is 61.4 Å². The first-order chi connectivity index (χ1) is 20.3. The van der Waals surface area contributed by atoms with Crippen LogP contribution in [-0.4, -0.2) is 49.1 Å². The van der Waals surface area contributed by atoms with Crippen LogP contribution in [-0.2, 0) is 6.54 Å². The molecule has 3 aliphatic rings. The smallest absolute Gasteiger partial charge is 0.261 e. The van der Waals surface area contributed by atoms with Crippen LogP contribution in [0.3, 0.4) is 0 Å². The Morgan fingerprint density at radius 3 is 2.79 bits per heavy atom. The monoisotopic (exact) mass is 579 g/mol. The van der Waals surface area contributed by atoms with Crippen molar-refractivity contribution in [3.8, 4) is 22.5 Å². The van der Waals surface area contributed by atoms with Gasteiger partial charge in [-0.1, -0.05) is 17.7 Å². The van der Waals surface area contributed by atoms with Gasteiger partial charge in [-0.25, -0.2) is 18.7 Å². The Bertz CT molecular complexity index is 1950. The van der Waals surface area contributed by atoms with Gasteiger partial charge in [0.1, 0.15) is 11.9 Å². The van der Waals surface area contributed by atoms with Crippen LogP contribution in [0.15, 0.2) is 66.6 Å². The normalized spacial score (nSPS) is 19.1. The van der Waals surface area contributed by atoms with Crippen LogP contribution in [0, 0.1) is 13.8 Å². The van der Waals surface area contributed by atoms with Crippen molar-refractivity contribution in [2.75, 3.05) is 13.1 Å². The highest BCUT2D eigenvalue weighted by Gasteiger charge is 2.38. The molecule has 2 aliphatic heterocycles. The molecular weight excluding hydrogens is 552 g/mol. The summed E-state index contributed by atoms with van der Waals surface area (Å²) in [5, 5.41) is 12.8. The fourth-order valence-electron chi connectivity index (χ4n) is 6.07. The Kier molecular flexibility index (Phi) is 5.67. The highest BCUT2D eigenvalue weighted by atomic mass is 32.1. The number of aryl methyl sites for hydroxylation is 2. The van der Waals surface area contributed by atoms with E-state index in [0.717, 1.165) is 50.2 Å². The van der Waals surface area contributed by atoms with Crippen LogP contribution in [0.2, 0.25) is 0 Å². The van der Waals surface area contributed by atoms with E-state index >= 15 is 0 Å². The number of imidazole rings is 1. The van der Waals surface area contributed by atoms with Gasteiger partial charge in [0.25, 0.3) is 5.92 Å². The number of hydrogen-bond acceptors (Lipinski definition) is 7. The number of likely N-dealkylation sites (tertiary alicyclic amines) is 1. The highest BCUT2D eigenvalue weighted by molar-refractivity contribution is 7.13. The molecule has 1 atom stereocenters. The van der Waals surface area contributed by atoms with Gasteiger partial charge in [0, 0.05) is 63.2 Å². The van der Waals surface area contributed by atoms with Gasteiger partial charge >= 0.3 is 0 Å². The molecule has 0 amide bonds. The molecule has 0 saturated carbocycles. The molecule has 7 nitrogen and oxygen atoms in total. The minimum absolute atomic E-state index is 0.0844. The Balaban J connectivity index is 1.19. The number of rotatable bonds is 5. The summed E-state index contributed by atoms with van der Waals surface area (Å²) in [6.45, 7) is 4.84. The zero-order chi connectivity index (χ0) is 28.6. The summed E-state index contributed by atoms with van der Waals surface area (Å²) in [5.74, 6) is -1.89. The summed E-state index contributed by atoms with van der Waals surface area (Å²) in [4.78, 5) is 17.6. The molecule has 210 valence electrons. The average Bonchev–Trinajstić information content (AvgIpc) is 3.23. The second kappa shape index (κ2) is 9.37. The summed E-state index contributed by atoms with van der Waals surface area (Å²) in [6, 6.07) is 12.7. The van der Waals surface area contributed by atoms with Gasteiger partial charge < -0.3 is 10.3 Å². The number of aromatic amines is 1. The second-order valence-electron chi connectivity index (χ2n) is 11.4. The summed E-state index contributed by atoms with van der Waals surface area (Å²) >= 11 is 1.76. The SMILES string of the molecule is Cc1cc(CN2CCC(F)(F)C2)cc(-c2cnc3nncc(-c4nc5c([nH]4)C4NC4=CC=C5c4ccc(C)s4)c3c2)c1. The maximum atomic E-state index is 13.8. The molecule has 1 aromatic carbocycles. The molecule has 0 bridgehead atoms. The largest absolute Gasteiger partial charge is 0.373 e. The lowest BCUT2D eigenvalue weighted by Crippen LogP contribution is -2.24. The van der Waals surface area contributed by atoms with E-state index in [4.69, 9.17) is 4.98 Å². The minimum atomic E-state index is -2.61. The van der Waals surface area contributed by atoms with E-state index in [9.17, 15) is 8.78 Å². The van der Waals surface area contributed by atoms with Crippen LogP contribution in [0.4, 0.5) is 8.78 Å². The zero-order valence-corrected chi connectivity index (χ0v) is 23.9. The van der Waals surface area contributed by atoms with Crippen LogP contribution >= 0.6 is 11.3 Å². The number of allylic oxidation sites excluding steroid dienone is 2. The van der Waals surface area contributed by atoms with Crippen molar-refractivity contribution in [1.29, 1.82) is 0 Å². The molecule has 10 heteroatoms. The molecule has 6 heterocycles. The molecule has 8 rings (SSSR count). The molecule has 1 unspecified atom stereocenters. The van der Waals surface area contributed by atoms with Gasteiger partial charge in [-0.15, -0.1) is 16.4 Å². The third-order valence-electron chi connectivity index (χ3n) is 8.13. The fraction of sp³-hybridized carbons (Fsp3) is 0.250. The Morgan fingerprint density at radius 1 is 1.07 bits per heavy atom. The maximum Gasteiger partial charge on any atom is 0.261 e. The van der Waals surface area contributed by atoms with Crippen molar-refractivity contribution in [3.05, 3.63) is 98.9 Å². The van der Waals surface area contributed by atoms with Crippen molar-refractivity contribution < 1.29 is 8.78 Å². The van der Waals surface area contributed by atoms with Crippen LogP contribution in [0.25, 0.3) is 39.1 Å². The number of thiophene rings is 1. The summed E-state index contributed by atoms with van der Waals surface area (Å²) in [6.07, 6.45) is 7.72. The molecule has 4 aromatic heterocycles. The number of nitrogens with zero attached hydrogens (tertiary/aromatic N) is 5. The minimum Gasteiger partial charge on any atom is -0.373 e. The molecule has 2 fully saturated rings. The number of alkyl halides is 2. The predicted molar refractivity (Wildman–Crippen MR) is 160 cm³/mol. The standard InChI is InChI=1S/C32H27F2N7S/c1-17-9-19(15-41-8-7-32(33,34)16-41)11-20(10-17)21-12-23-24(14-36-40-30(23)35-13-21)31-38-27-22(26-6-3-18(2)42-26)4-5-25-28(37-25)29(27)39-31/h3-6,9-14,28,37H,7-8,15-16H2,1-2H3,(H,38,39). The first-order valence-corrected chi connectivity index (χ1v) is 14.8. The first kappa shape index (κ1) is 25.4. The van der Waals surface area contributed by atoms with Crippen molar-refractivity contribution in [1.82, 2.24) is 35.4 Å². The van der Waals surface area contributed by atoms with E-state index < -0.39 is 5.92 Å². The number of fused-ring (bicyclic) bond motifs is 4. The predicted octanol–water partition coefficient (Wildman–Crippen LogP) is 6.57. The van der Waals surface area contributed by atoms with E-state index in [1.54, 1.807) is 23.7 Å². The van der Waals surface area contributed by atoms with Gasteiger partial charge in [0.05, 0.1) is 24.1 Å². The molecule has 5 aromatic rings. The van der Waals surface area contributed by atoms with Gasteiger partial charge in [-0.3, -0.25) is 4.90 Å². The molecule has 42 heavy (non-hydrogen) atoms. The zero-order valence-electron chi connectivity index (χ0n) is 23.1. The molecule has 0 radical (unpaired) electrons. The molecule has 2 saturated heterocycles. The summed E-state index contributed by atoms with van der Waals surface area (Å²) < 4.78 is 27.6. The topological polar surface area (TPSA) is 92.5 Å². The lowest BCUT2D eigenvalue weighted by atomic mass is 9.99. The summed E-state index contributed by atoms with van der Waals surface area (Å²) in [7, 11) is 0. The number of nitrogens with one attached hydrogen (secondary N) is 2. The lowest BCUT2D eigenvalue weighted by Gasteiger charge is -2.17. The van der Waals surface area contributed by atoms with Crippen molar-refractivity contribution in [2.24, 2.45) is 0 Å². The van der Waals surface area contributed by atoms with Crippen molar-refractivity contribution in [3.63, 3.8) is 0 Å². The van der Waals surface area contributed by atoms with E-state index in [0.29, 0.717) is 24.6 Å². The van der Waals surface area contributed by atoms with E-state index in [1.807, 2.05) is 11.8 Å². The average molecular weight is 580 g/mol. The molecule has 2 N–H and O–H groups in total. The number of hydrogen-bond donors (Lipinski definition) is 2. The van der Waals surface area contributed by atoms with Crippen molar-refractivity contribution in [2.45, 2.75) is 38.8 Å². The van der Waals surface area contributed by atoms with E-state index in [-0.39, 0.29) is 19.0 Å². The van der Waals surface area contributed by atoms with E-state index in [2.05, 4.69) is 81.0 Å².